The Morgan fingerprint density at radius 2 is 2.11 bits per heavy atom. The van der Waals surface area contributed by atoms with Crippen LogP contribution in [-0.4, -0.2) is 70.5 Å². The Labute approximate surface area is 156 Å². The quantitative estimate of drug-likeness (QED) is 0.484. The summed E-state index contributed by atoms with van der Waals surface area (Å²) in [4.78, 5) is 24.9. The van der Waals surface area contributed by atoms with Gasteiger partial charge < -0.3 is 30.4 Å². The van der Waals surface area contributed by atoms with Crippen molar-refractivity contribution in [3.63, 3.8) is 0 Å². The predicted molar refractivity (Wildman–Crippen MR) is 96.2 cm³/mol. The normalized spacial score (nSPS) is 19.4. The number of fused-ring (bicyclic) bond motifs is 1. The predicted octanol–water partition coefficient (Wildman–Crippen LogP) is 0.0553. The molecule has 1 fully saturated rings. The molecule has 1 unspecified atom stereocenters. The van der Waals surface area contributed by atoms with Crippen molar-refractivity contribution in [2.75, 3.05) is 19.6 Å². The van der Waals surface area contributed by atoms with Gasteiger partial charge in [0.2, 0.25) is 0 Å². The monoisotopic (exact) mass is 378 g/mol. The number of carboxylic acids is 2. The van der Waals surface area contributed by atoms with E-state index >= 15 is 0 Å². The van der Waals surface area contributed by atoms with Gasteiger partial charge in [-0.3, -0.25) is 9.69 Å². The number of benzene rings is 1. The maximum absolute atomic E-state index is 11.7. The minimum absolute atomic E-state index is 0.100. The number of aromatic carboxylic acids is 1. The molecule has 1 aromatic carbocycles. The lowest BCUT2D eigenvalue weighted by Gasteiger charge is -2.42. The Balaban J connectivity index is 1.69. The third kappa shape index (κ3) is 3.87. The van der Waals surface area contributed by atoms with Gasteiger partial charge >= 0.3 is 19.1 Å². The molecule has 0 saturated carbocycles. The second-order valence-electron chi connectivity index (χ2n) is 7.09. The number of hydrogen-bond acceptors (Lipinski definition) is 7. The first-order valence-electron chi connectivity index (χ1n) is 8.88. The van der Waals surface area contributed by atoms with Gasteiger partial charge in [-0.15, -0.1) is 0 Å². The number of carboxylic acid groups (broad SMARTS) is 2. The minimum Gasteiger partial charge on any atom is -0.535 e. The maximum Gasteiger partial charge on any atom is 0.522 e. The van der Waals surface area contributed by atoms with Gasteiger partial charge in [0.1, 0.15) is 28.7 Å². The van der Waals surface area contributed by atoms with Gasteiger partial charge in [0.15, 0.2) is 0 Å². The van der Waals surface area contributed by atoms with Crippen LogP contribution in [0.15, 0.2) is 12.1 Å². The summed E-state index contributed by atoms with van der Waals surface area (Å²) >= 11 is 0. The van der Waals surface area contributed by atoms with E-state index in [-0.39, 0.29) is 29.7 Å². The first kappa shape index (κ1) is 19.5. The Hall–Kier alpha value is -2.30. The molecule has 3 rings (SSSR count). The van der Waals surface area contributed by atoms with Crippen molar-refractivity contribution in [1.29, 1.82) is 0 Å². The fourth-order valence-corrected chi connectivity index (χ4v) is 3.35. The summed E-state index contributed by atoms with van der Waals surface area (Å²) in [5, 5.41) is 28.5. The second-order valence-corrected chi connectivity index (χ2v) is 7.09. The maximum atomic E-state index is 11.7. The molecule has 27 heavy (non-hydrogen) atoms. The highest BCUT2D eigenvalue weighted by atomic mass is 16.5. The largest absolute Gasteiger partial charge is 0.535 e. The van der Waals surface area contributed by atoms with Crippen LogP contribution in [0.25, 0.3) is 0 Å². The molecule has 0 bridgehead atoms. The van der Waals surface area contributed by atoms with Crippen LogP contribution in [0.3, 0.4) is 0 Å². The minimum atomic E-state index is -1.31. The van der Waals surface area contributed by atoms with E-state index in [1.807, 2.05) is 4.90 Å². The van der Waals surface area contributed by atoms with E-state index in [4.69, 9.17) is 15.1 Å². The zero-order valence-corrected chi connectivity index (χ0v) is 15.1. The van der Waals surface area contributed by atoms with E-state index in [2.05, 4.69) is 0 Å². The molecule has 0 spiro atoms. The lowest BCUT2D eigenvalue weighted by molar-refractivity contribution is -0.145. The Morgan fingerprint density at radius 1 is 1.41 bits per heavy atom. The summed E-state index contributed by atoms with van der Waals surface area (Å²) in [6.45, 7) is 2.82. The lowest BCUT2D eigenvalue weighted by Crippen LogP contribution is -2.63. The molecule has 0 radical (unpaired) electrons. The van der Waals surface area contributed by atoms with Crippen LogP contribution >= 0.6 is 0 Å². The van der Waals surface area contributed by atoms with Crippen molar-refractivity contribution < 1.29 is 34.2 Å². The van der Waals surface area contributed by atoms with Crippen molar-refractivity contribution in [2.45, 2.75) is 37.7 Å². The number of aryl methyl sites for hydroxylation is 1. The van der Waals surface area contributed by atoms with E-state index in [0.29, 0.717) is 32.3 Å². The summed E-state index contributed by atoms with van der Waals surface area (Å²) < 4.78 is 11.1. The van der Waals surface area contributed by atoms with E-state index in [1.165, 1.54) is 0 Å². The molecule has 0 aliphatic carbocycles. The van der Waals surface area contributed by atoms with Gasteiger partial charge in [-0.1, -0.05) is 13.0 Å². The van der Waals surface area contributed by atoms with Gasteiger partial charge in [0.25, 0.3) is 0 Å². The van der Waals surface area contributed by atoms with Crippen molar-refractivity contribution in [3.05, 3.63) is 23.3 Å². The number of likely N-dealkylation sites (tertiary alicyclic amines) is 1. The summed E-state index contributed by atoms with van der Waals surface area (Å²) in [6, 6.07) is 3.34. The number of aliphatic carboxylic acids is 1. The molecule has 10 heteroatoms. The summed E-state index contributed by atoms with van der Waals surface area (Å²) in [5.41, 5.74) is 5.21. The molecule has 1 aromatic rings. The number of rotatable bonds is 7. The molecular weight excluding hydrogens is 355 g/mol. The van der Waals surface area contributed by atoms with E-state index in [1.54, 1.807) is 19.1 Å². The molecule has 2 heterocycles. The molecule has 0 aromatic heterocycles. The number of nitrogens with zero attached hydrogens (tertiary/aromatic N) is 1. The molecule has 0 amide bonds. The van der Waals surface area contributed by atoms with Gasteiger partial charge in [-0.05, 0) is 30.8 Å². The van der Waals surface area contributed by atoms with Crippen LogP contribution in [0.5, 0.6) is 11.5 Å². The first-order chi connectivity index (χ1) is 12.7. The highest BCUT2D eigenvalue weighted by Crippen LogP contribution is 2.37. The lowest BCUT2D eigenvalue weighted by atomic mass is 9.78. The van der Waals surface area contributed by atoms with E-state index in [9.17, 15) is 24.8 Å². The van der Waals surface area contributed by atoms with Crippen molar-refractivity contribution >= 4 is 19.1 Å². The molecular formula is C17H23BN2O7. The van der Waals surface area contributed by atoms with Gasteiger partial charge in [0, 0.05) is 19.6 Å². The van der Waals surface area contributed by atoms with Gasteiger partial charge in [-0.2, -0.15) is 0 Å². The van der Waals surface area contributed by atoms with E-state index in [0.717, 1.165) is 5.56 Å². The van der Waals surface area contributed by atoms with Gasteiger partial charge in [0.05, 0.1) is 0 Å². The van der Waals surface area contributed by atoms with Crippen LogP contribution in [0.4, 0.5) is 0 Å². The van der Waals surface area contributed by atoms with Crippen molar-refractivity contribution in [3.8, 4) is 11.5 Å². The fourth-order valence-electron chi connectivity index (χ4n) is 3.35. The Bertz CT molecular complexity index is 753. The Morgan fingerprint density at radius 3 is 2.70 bits per heavy atom. The number of ether oxygens (including phenoxy) is 1. The molecule has 9 nitrogen and oxygen atoms in total. The zero-order valence-electron chi connectivity index (χ0n) is 15.1. The average Bonchev–Trinajstić information content (AvgIpc) is 2.58. The highest BCUT2D eigenvalue weighted by molar-refractivity contribution is 6.44. The number of hydrogen-bond donors (Lipinski definition) is 4. The molecule has 146 valence electrons. The highest BCUT2D eigenvalue weighted by Gasteiger charge is 2.40. The van der Waals surface area contributed by atoms with Crippen molar-refractivity contribution in [2.24, 2.45) is 5.73 Å². The van der Waals surface area contributed by atoms with Crippen LogP contribution in [0, 0.1) is 0 Å². The topological polar surface area (TPSA) is 143 Å². The molecule has 1 saturated heterocycles. The van der Waals surface area contributed by atoms with Crippen LogP contribution in [0.2, 0.25) is 6.32 Å². The van der Waals surface area contributed by atoms with Crippen LogP contribution in [-0.2, 0) is 11.2 Å². The summed E-state index contributed by atoms with van der Waals surface area (Å²) in [7, 11) is -1.03. The first-order valence-corrected chi connectivity index (χ1v) is 8.88. The number of carbonyl (C=O) groups is 2. The SMILES string of the molecule is CCC(N)(CN1CC(Oc2ccc3c(c2C(=O)O)OB(O)CC3)C1)C(=O)O. The van der Waals surface area contributed by atoms with E-state index < -0.39 is 24.6 Å². The number of nitrogens with two attached hydrogens (primary N) is 1. The molecule has 2 aliphatic heterocycles. The average molecular weight is 378 g/mol. The smallest absolute Gasteiger partial charge is 0.522 e. The summed E-state index contributed by atoms with van der Waals surface area (Å²) in [6.07, 6.45) is 0.965. The molecule has 5 N–H and O–H groups in total. The third-order valence-electron chi connectivity index (χ3n) is 5.11. The zero-order chi connectivity index (χ0) is 19.8. The van der Waals surface area contributed by atoms with Crippen molar-refractivity contribution in [1.82, 2.24) is 4.90 Å². The van der Waals surface area contributed by atoms with Gasteiger partial charge in [-0.25, -0.2) is 4.79 Å². The van der Waals surface area contributed by atoms with Crippen LogP contribution < -0.4 is 15.1 Å². The molecule has 1 atom stereocenters. The van der Waals surface area contributed by atoms with Crippen LogP contribution in [0.1, 0.15) is 29.3 Å². The second kappa shape index (κ2) is 7.38. The third-order valence-corrected chi connectivity index (χ3v) is 5.11. The standard InChI is InChI=1S/C17H23BN2O7/c1-2-17(19,16(23)24)9-20-7-11(8-20)26-12-4-3-10-5-6-18(25)27-14(10)13(12)15(21)22/h3-4,11,25H,2,5-9,19H2,1H3,(H,21,22)(H,23,24). The summed E-state index contributed by atoms with van der Waals surface area (Å²) in [5.74, 6) is -1.92. The fraction of sp³-hybridized carbons (Fsp3) is 0.529. The molecule has 2 aliphatic rings. The Kier molecular flexibility index (Phi) is 5.32.